The van der Waals surface area contributed by atoms with Gasteiger partial charge in [0.1, 0.15) is 13.9 Å². The fraction of sp³-hybridized carbons (Fsp3) is 0.273. The van der Waals surface area contributed by atoms with Gasteiger partial charge in [0.15, 0.2) is 0 Å². The van der Waals surface area contributed by atoms with Crippen LogP contribution in [-0.2, 0) is 0 Å². The van der Waals surface area contributed by atoms with Gasteiger partial charge in [-0.05, 0) is 12.1 Å². The first-order valence-corrected chi connectivity index (χ1v) is 8.45. The maximum absolute atomic E-state index is 13.1. The number of halogens is 2. The molecule has 0 atom stereocenters. The summed E-state index contributed by atoms with van der Waals surface area (Å²) in [6, 6.07) is 2.68. The molecule has 0 aliphatic carbocycles. The summed E-state index contributed by atoms with van der Waals surface area (Å²) in [6.07, 6.45) is 0. The predicted molar refractivity (Wildman–Crippen MR) is 66.0 cm³/mol. The Kier molecular flexibility index (Phi) is 3.43. The first-order valence-electron chi connectivity index (χ1n) is 4.57. The van der Waals surface area contributed by atoms with E-state index in [-0.39, 0.29) is 5.02 Å². The molecule has 1 aromatic carbocycles. The second kappa shape index (κ2) is 4.26. The zero-order chi connectivity index (χ0) is 11.6. The first kappa shape index (κ1) is 12.1. The summed E-state index contributed by atoms with van der Waals surface area (Å²) in [6.45, 7) is 6.34. The molecule has 0 unspecified atom stereocenters. The number of anilines is 1. The van der Waals surface area contributed by atoms with Gasteiger partial charge in [-0.15, -0.1) is 5.54 Å². The zero-order valence-electron chi connectivity index (χ0n) is 8.99. The van der Waals surface area contributed by atoms with Crippen molar-refractivity contribution in [2.45, 2.75) is 19.6 Å². The van der Waals surface area contributed by atoms with E-state index in [0.717, 1.165) is 0 Å². The smallest absolute Gasteiger partial charge is 0.143 e. The molecule has 2 N–H and O–H groups in total. The molecule has 4 heteroatoms. The fourth-order valence-electron chi connectivity index (χ4n) is 0.925. The molecule has 1 nitrogen and oxygen atoms in total. The van der Waals surface area contributed by atoms with Crippen LogP contribution in [0.1, 0.15) is 5.56 Å². The molecular weight excluding hydrogens is 229 g/mol. The van der Waals surface area contributed by atoms with E-state index in [1.165, 1.54) is 12.1 Å². The lowest BCUT2D eigenvalue weighted by Gasteiger charge is -2.05. The third kappa shape index (κ3) is 3.58. The standard InChI is InChI=1S/C11H13ClFNSi/c1-15(2,3)5-4-8-6-10(13)9(12)7-11(8)14/h6-7H,14H2,1-3H3. The van der Waals surface area contributed by atoms with Gasteiger partial charge in [0.2, 0.25) is 0 Å². The van der Waals surface area contributed by atoms with Gasteiger partial charge in [-0.3, -0.25) is 0 Å². The predicted octanol–water partition coefficient (Wildman–Crippen LogP) is 3.29. The number of hydrogen-bond donors (Lipinski definition) is 1. The Labute approximate surface area is 95.4 Å². The fourth-order valence-corrected chi connectivity index (χ4v) is 1.61. The van der Waals surface area contributed by atoms with Crippen LogP contribution in [0.25, 0.3) is 0 Å². The molecular formula is C11H13ClFNSi. The van der Waals surface area contributed by atoms with Crippen molar-refractivity contribution in [1.29, 1.82) is 0 Å². The molecule has 0 aliphatic heterocycles. The monoisotopic (exact) mass is 241 g/mol. The topological polar surface area (TPSA) is 26.0 Å². The normalized spacial score (nSPS) is 10.7. The Morgan fingerprint density at radius 2 is 1.93 bits per heavy atom. The maximum Gasteiger partial charge on any atom is 0.143 e. The minimum atomic E-state index is -1.47. The van der Waals surface area contributed by atoms with Crippen LogP contribution in [0.15, 0.2) is 12.1 Å². The van der Waals surface area contributed by atoms with Crippen molar-refractivity contribution in [3.63, 3.8) is 0 Å². The van der Waals surface area contributed by atoms with Crippen LogP contribution in [0, 0.1) is 17.3 Å². The lowest BCUT2D eigenvalue weighted by molar-refractivity contribution is 0.628. The van der Waals surface area contributed by atoms with Gasteiger partial charge in [-0.25, -0.2) is 4.39 Å². The Bertz CT molecular complexity index is 440. The largest absolute Gasteiger partial charge is 0.398 e. The minimum Gasteiger partial charge on any atom is -0.398 e. The van der Waals surface area contributed by atoms with Gasteiger partial charge >= 0.3 is 0 Å². The minimum absolute atomic E-state index is 0.0334. The Morgan fingerprint density at radius 3 is 2.47 bits per heavy atom. The second-order valence-corrected chi connectivity index (χ2v) is 9.51. The quantitative estimate of drug-likeness (QED) is 0.421. The van der Waals surface area contributed by atoms with E-state index >= 15 is 0 Å². The molecule has 1 aromatic rings. The molecule has 0 radical (unpaired) electrons. The molecule has 15 heavy (non-hydrogen) atoms. The number of nitrogens with two attached hydrogens (primary N) is 1. The van der Waals surface area contributed by atoms with Gasteiger partial charge in [0.05, 0.1) is 5.02 Å². The van der Waals surface area contributed by atoms with Crippen LogP contribution >= 0.6 is 11.6 Å². The Balaban J connectivity index is 3.15. The molecule has 0 aromatic heterocycles. The molecule has 0 heterocycles. The number of hydrogen-bond acceptors (Lipinski definition) is 1. The number of benzene rings is 1. The van der Waals surface area contributed by atoms with Crippen LogP contribution in [-0.4, -0.2) is 8.07 Å². The highest BCUT2D eigenvalue weighted by molar-refractivity contribution is 6.83. The summed E-state index contributed by atoms with van der Waals surface area (Å²) in [5, 5.41) is 0.0334. The van der Waals surface area contributed by atoms with Crippen molar-refractivity contribution in [2.75, 3.05) is 5.73 Å². The van der Waals surface area contributed by atoms with Gasteiger partial charge in [-0.2, -0.15) is 0 Å². The van der Waals surface area contributed by atoms with E-state index in [1.54, 1.807) is 0 Å². The van der Waals surface area contributed by atoms with Crippen molar-refractivity contribution in [2.24, 2.45) is 0 Å². The van der Waals surface area contributed by atoms with Crippen molar-refractivity contribution in [1.82, 2.24) is 0 Å². The molecule has 1 rings (SSSR count). The molecule has 0 fully saturated rings. The van der Waals surface area contributed by atoms with Crippen LogP contribution < -0.4 is 5.73 Å². The van der Waals surface area contributed by atoms with Crippen LogP contribution in [0.2, 0.25) is 24.7 Å². The Morgan fingerprint density at radius 1 is 1.33 bits per heavy atom. The average Bonchev–Trinajstić information content (AvgIpc) is 2.07. The highest BCUT2D eigenvalue weighted by atomic mass is 35.5. The molecule has 0 aliphatic rings. The van der Waals surface area contributed by atoms with Crippen LogP contribution in [0.3, 0.4) is 0 Å². The van der Waals surface area contributed by atoms with Crippen LogP contribution in [0.5, 0.6) is 0 Å². The molecule has 0 bridgehead atoms. The molecule has 0 amide bonds. The summed E-state index contributed by atoms with van der Waals surface area (Å²) < 4.78 is 13.1. The van der Waals surface area contributed by atoms with Crippen molar-refractivity contribution >= 4 is 25.4 Å². The van der Waals surface area contributed by atoms with Crippen molar-refractivity contribution in [3.8, 4) is 11.5 Å². The number of rotatable bonds is 0. The zero-order valence-corrected chi connectivity index (χ0v) is 10.7. The third-order valence-electron chi connectivity index (χ3n) is 1.66. The summed E-state index contributed by atoms with van der Waals surface area (Å²) in [4.78, 5) is 0. The highest BCUT2D eigenvalue weighted by Crippen LogP contribution is 2.21. The number of nitrogen functional groups attached to an aromatic ring is 1. The van der Waals surface area contributed by atoms with Crippen molar-refractivity contribution in [3.05, 3.63) is 28.5 Å². The first-order chi connectivity index (χ1) is 6.79. The van der Waals surface area contributed by atoms with Crippen molar-refractivity contribution < 1.29 is 4.39 Å². The summed E-state index contributed by atoms with van der Waals surface area (Å²) in [7, 11) is -1.47. The van der Waals surface area contributed by atoms with Gasteiger partial charge in [0, 0.05) is 11.3 Å². The Hall–Kier alpha value is -0.983. The highest BCUT2D eigenvalue weighted by Gasteiger charge is 2.09. The summed E-state index contributed by atoms with van der Waals surface area (Å²) in [5.74, 6) is 2.43. The second-order valence-electron chi connectivity index (χ2n) is 4.35. The van der Waals surface area contributed by atoms with Crippen LogP contribution in [0.4, 0.5) is 10.1 Å². The van der Waals surface area contributed by atoms with E-state index in [4.69, 9.17) is 17.3 Å². The van der Waals surface area contributed by atoms with E-state index < -0.39 is 13.9 Å². The van der Waals surface area contributed by atoms with E-state index in [1.807, 2.05) is 0 Å². The third-order valence-corrected chi connectivity index (χ3v) is 2.83. The van der Waals surface area contributed by atoms with E-state index in [9.17, 15) is 4.39 Å². The molecule has 0 spiro atoms. The molecule has 0 saturated heterocycles. The summed E-state index contributed by atoms with van der Waals surface area (Å²) >= 11 is 5.58. The molecule has 0 saturated carbocycles. The SMILES string of the molecule is C[Si](C)(C)C#Cc1cc(F)c(Cl)cc1N. The van der Waals surface area contributed by atoms with Gasteiger partial charge < -0.3 is 5.73 Å². The van der Waals surface area contributed by atoms with Gasteiger partial charge in [-0.1, -0.05) is 37.2 Å². The van der Waals surface area contributed by atoms with E-state index in [0.29, 0.717) is 11.3 Å². The average molecular weight is 242 g/mol. The van der Waals surface area contributed by atoms with E-state index in [2.05, 4.69) is 31.1 Å². The maximum atomic E-state index is 13.1. The summed E-state index contributed by atoms with van der Waals surface area (Å²) in [5.41, 5.74) is 9.74. The lowest BCUT2D eigenvalue weighted by atomic mass is 10.2. The van der Waals surface area contributed by atoms with Gasteiger partial charge in [0.25, 0.3) is 0 Å². The molecule has 80 valence electrons. The lowest BCUT2D eigenvalue weighted by Crippen LogP contribution is -2.16.